The summed E-state index contributed by atoms with van der Waals surface area (Å²) in [6, 6.07) is 0. The van der Waals surface area contributed by atoms with Gasteiger partial charge in [-0.2, -0.15) is 4.89 Å². The Bertz CT molecular complexity index is 203. The molecule has 0 heterocycles. The summed E-state index contributed by atoms with van der Waals surface area (Å²) in [5.74, 6) is -0.591. The summed E-state index contributed by atoms with van der Waals surface area (Å²) in [7, 11) is 0. The maximum atomic E-state index is 10.8. The first-order chi connectivity index (χ1) is 7.68. The Kier molecular flexibility index (Phi) is 9.94. The third-order valence-corrected chi connectivity index (χ3v) is 1.40. The van der Waals surface area contributed by atoms with Crippen LogP contribution in [0.1, 0.15) is 6.92 Å². The first-order valence-corrected chi connectivity index (χ1v) is 4.94. The van der Waals surface area contributed by atoms with E-state index in [-0.39, 0.29) is 18.8 Å². The Morgan fingerprint density at radius 3 is 2.25 bits per heavy atom. The molecule has 0 unspecified atom stereocenters. The average Bonchev–Trinajstić information content (AvgIpc) is 2.26. The Balaban J connectivity index is 3.10. The van der Waals surface area contributed by atoms with Crippen LogP contribution in [0, 0.1) is 0 Å². The van der Waals surface area contributed by atoms with E-state index in [2.05, 4.69) is 16.4 Å². The van der Waals surface area contributed by atoms with E-state index in [0.29, 0.717) is 26.4 Å². The molecule has 0 aromatic rings. The van der Waals surface area contributed by atoms with Crippen LogP contribution in [0.2, 0.25) is 0 Å². The topological polar surface area (TPSA) is 74.2 Å². The van der Waals surface area contributed by atoms with Gasteiger partial charge in [-0.25, -0.2) is 4.79 Å². The molecule has 0 atom stereocenters. The van der Waals surface area contributed by atoms with Gasteiger partial charge in [0.2, 0.25) is 0 Å². The Morgan fingerprint density at radius 2 is 1.69 bits per heavy atom. The number of aliphatic hydroxyl groups is 1. The van der Waals surface area contributed by atoms with E-state index in [1.807, 2.05) is 0 Å². The molecule has 6 heteroatoms. The second-order valence-corrected chi connectivity index (χ2v) is 2.92. The van der Waals surface area contributed by atoms with E-state index < -0.39 is 5.97 Å². The van der Waals surface area contributed by atoms with Gasteiger partial charge in [-0.1, -0.05) is 6.58 Å². The lowest BCUT2D eigenvalue weighted by molar-refractivity contribution is -0.272. The Morgan fingerprint density at radius 1 is 1.12 bits per heavy atom. The van der Waals surface area contributed by atoms with Gasteiger partial charge in [0.05, 0.1) is 33.0 Å². The molecule has 0 aromatic carbocycles. The Hall–Kier alpha value is -0.950. The van der Waals surface area contributed by atoms with Crippen LogP contribution in [-0.2, 0) is 24.0 Å². The smallest absolute Gasteiger partial charge is 0.368 e. The van der Waals surface area contributed by atoms with Crippen molar-refractivity contribution in [1.29, 1.82) is 0 Å². The van der Waals surface area contributed by atoms with Crippen molar-refractivity contribution >= 4 is 5.97 Å². The monoisotopic (exact) mass is 234 g/mol. The van der Waals surface area contributed by atoms with Crippen LogP contribution in [0.5, 0.6) is 0 Å². The summed E-state index contributed by atoms with van der Waals surface area (Å²) >= 11 is 0. The fourth-order valence-corrected chi connectivity index (χ4v) is 0.646. The van der Waals surface area contributed by atoms with E-state index >= 15 is 0 Å². The quantitative estimate of drug-likeness (QED) is 0.249. The van der Waals surface area contributed by atoms with E-state index in [0.717, 1.165) is 0 Å². The molecule has 1 N–H and O–H groups in total. The predicted molar refractivity (Wildman–Crippen MR) is 55.6 cm³/mol. The molecule has 0 rings (SSSR count). The van der Waals surface area contributed by atoms with Gasteiger partial charge in [0.15, 0.2) is 0 Å². The van der Waals surface area contributed by atoms with Crippen LogP contribution in [-0.4, -0.2) is 50.7 Å². The molecular weight excluding hydrogens is 216 g/mol. The lowest BCUT2D eigenvalue weighted by Gasteiger charge is -2.05. The second-order valence-electron chi connectivity index (χ2n) is 2.92. The lowest BCUT2D eigenvalue weighted by atomic mass is 10.4. The number of hydrogen-bond acceptors (Lipinski definition) is 6. The first kappa shape index (κ1) is 15.0. The molecular formula is C10H18O6. The molecule has 0 fully saturated rings. The van der Waals surface area contributed by atoms with E-state index in [9.17, 15) is 4.79 Å². The SMILES string of the molecule is C=C(C)C(=O)OOCCOCCOCCO. The lowest BCUT2D eigenvalue weighted by Crippen LogP contribution is -2.13. The normalized spacial score (nSPS) is 10.1. The van der Waals surface area contributed by atoms with Crippen molar-refractivity contribution in [3.8, 4) is 0 Å². The number of hydrogen-bond donors (Lipinski definition) is 1. The van der Waals surface area contributed by atoms with Crippen molar-refractivity contribution in [2.24, 2.45) is 0 Å². The maximum Gasteiger partial charge on any atom is 0.368 e. The summed E-state index contributed by atoms with van der Waals surface area (Å²) in [5.41, 5.74) is 0.276. The second kappa shape index (κ2) is 10.6. The molecule has 0 aromatic heterocycles. The number of ether oxygens (including phenoxy) is 2. The zero-order chi connectivity index (χ0) is 12.2. The summed E-state index contributed by atoms with van der Waals surface area (Å²) in [6.07, 6.45) is 0. The van der Waals surface area contributed by atoms with Crippen molar-refractivity contribution in [3.63, 3.8) is 0 Å². The summed E-state index contributed by atoms with van der Waals surface area (Å²) < 4.78 is 10.0. The van der Waals surface area contributed by atoms with Gasteiger partial charge < -0.3 is 14.6 Å². The van der Waals surface area contributed by atoms with Crippen LogP contribution >= 0.6 is 0 Å². The van der Waals surface area contributed by atoms with Gasteiger partial charge in [-0.05, 0) is 6.92 Å². The molecule has 0 saturated carbocycles. The molecule has 0 amide bonds. The number of aliphatic hydroxyl groups excluding tert-OH is 1. The largest absolute Gasteiger partial charge is 0.394 e. The van der Waals surface area contributed by atoms with Crippen LogP contribution in [0.4, 0.5) is 0 Å². The standard InChI is InChI=1S/C10H18O6/c1-9(2)10(12)16-15-8-7-14-6-5-13-4-3-11/h11H,1,3-8H2,2H3. The van der Waals surface area contributed by atoms with Gasteiger partial charge in [-0.15, -0.1) is 0 Å². The van der Waals surface area contributed by atoms with Crippen molar-refractivity contribution < 1.29 is 29.1 Å². The number of rotatable bonds is 10. The minimum Gasteiger partial charge on any atom is -0.394 e. The molecule has 0 aliphatic rings. The Labute approximate surface area is 94.7 Å². The molecule has 0 spiro atoms. The van der Waals surface area contributed by atoms with E-state index in [1.54, 1.807) is 0 Å². The highest BCUT2D eigenvalue weighted by molar-refractivity contribution is 5.86. The highest BCUT2D eigenvalue weighted by Gasteiger charge is 2.03. The van der Waals surface area contributed by atoms with Crippen molar-refractivity contribution in [2.45, 2.75) is 6.92 Å². The summed E-state index contributed by atoms with van der Waals surface area (Å²) in [6.45, 7) is 6.48. The number of carbonyl (C=O) groups excluding carboxylic acids is 1. The van der Waals surface area contributed by atoms with Crippen LogP contribution in [0.15, 0.2) is 12.2 Å². The van der Waals surface area contributed by atoms with Crippen molar-refractivity contribution in [1.82, 2.24) is 0 Å². The summed E-state index contributed by atoms with van der Waals surface area (Å²) in [4.78, 5) is 19.8. The minimum atomic E-state index is -0.591. The molecule has 6 nitrogen and oxygen atoms in total. The molecule has 0 aliphatic heterocycles. The van der Waals surface area contributed by atoms with Crippen LogP contribution in [0.3, 0.4) is 0 Å². The van der Waals surface area contributed by atoms with Gasteiger partial charge in [0.25, 0.3) is 0 Å². The molecule has 0 aliphatic carbocycles. The minimum absolute atomic E-state index is 0.0000327. The fourth-order valence-electron chi connectivity index (χ4n) is 0.646. The molecule has 94 valence electrons. The molecule has 0 radical (unpaired) electrons. The molecule has 16 heavy (non-hydrogen) atoms. The molecule has 0 bridgehead atoms. The number of carbonyl (C=O) groups is 1. The van der Waals surface area contributed by atoms with E-state index in [1.165, 1.54) is 6.92 Å². The highest BCUT2D eigenvalue weighted by atomic mass is 17.2. The average molecular weight is 234 g/mol. The van der Waals surface area contributed by atoms with Crippen molar-refractivity contribution in [3.05, 3.63) is 12.2 Å². The van der Waals surface area contributed by atoms with Crippen molar-refractivity contribution in [2.75, 3.05) is 39.6 Å². The summed E-state index contributed by atoms with van der Waals surface area (Å²) in [5, 5.41) is 8.39. The third kappa shape index (κ3) is 9.60. The van der Waals surface area contributed by atoms with Crippen LogP contribution < -0.4 is 0 Å². The van der Waals surface area contributed by atoms with Crippen LogP contribution in [0.25, 0.3) is 0 Å². The van der Waals surface area contributed by atoms with Gasteiger partial charge >= 0.3 is 5.97 Å². The van der Waals surface area contributed by atoms with Gasteiger partial charge in [0.1, 0.15) is 6.61 Å². The van der Waals surface area contributed by atoms with Gasteiger partial charge in [0, 0.05) is 5.57 Å². The van der Waals surface area contributed by atoms with Gasteiger partial charge in [-0.3, -0.25) is 4.89 Å². The third-order valence-electron chi connectivity index (χ3n) is 1.40. The predicted octanol–water partition coefficient (Wildman–Crippen LogP) is 0.0628. The maximum absolute atomic E-state index is 10.8. The fraction of sp³-hybridized carbons (Fsp3) is 0.700. The highest BCUT2D eigenvalue weighted by Crippen LogP contribution is 1.92. The zero-order valence-electron chi connectivity index (χ0n) is 9.44. The zero-order valence-corrected chi connectivity index (χ0v) is 9.44. The molecule has 0 saturated heterocycles. The first-order valence-electron chi connectivity index (χ1n) is 4.94. The van der Waals surface area contributed by atoms with E-state index in [4.69, 9.17) is 14.6 Å².